The summed E-state index contributed by atoms with van der Waals surface area (Å²) in [6, 6.07) is 0. The first-order valence-corrected chi connectivity index (χ1v) is 15.7. The summed E-state index contributed by atoms with van der Waals surface area (Å²) in [5.41, 5.74) is 1.60. The lowest BCUT2D eigenvalue weighted by molar-refractivity contribution is -0.141. The molecule has 10 atom stereocenters. The van der Waals surface area contributed by atoms with Crippen molar-refractivity contribution in [2.75, 3.05) is 13.1 Å². The fourth-order valence-electron chi connectivity index (χ4n) is 11.6. The van der Waals surface area contributed by atoms with Crippen molar-refractivity contribution in [3.63, 3.8) is 0 Å². The van der Waals surface area contributed by atoms with E-state index in [1.165, 1.54) is 51.4 Å². The van der Waals surface area contributed by atoms with Crippen LogP contribution in [0.2, 0.25) is 0 Å². The molecule has 6 rings (SSSR count). The first kappa shape index (κ1) is 25.7. The molecule has 6 fully saturated rings. The van der Waals surface area contributed by atoms with Crippen molar-refractivity contribution >= 4 is 5.91 Å². The van der Waals surface area contributed by atoms with Gasteiger partial charge in [0, 0.05) is 20.9 Å². The number of unbranched alkanes of at least 4 members (excludes halogenated alkanes) is 1. The van der Waals surface area contributed by atoms with Crippen LogP contribution in [0.1, 0.15) is 120 Å². The molecule has 0 aromatic rings. The van der Waals surface area contributed by atoms with Gasteiger partial charge in [0.1, 0.15) is 0 Å². The van der Waals surface area contributed by atoms with Crippen molar-refractivity contribution in [2.24, 2.45) is 45.3 Å². The number of hydrogen-bond donors (Lipinski definition) is 1. The third kappa shape index (κ3) is 3.41. The summed E-state index contributed by atoms with van der Waals surface area (Å²) in [5.74, 6) is 3.39. The van der Waals surface area contributed by atoms with Crippen molar-refractivity contribution in [3.05, 3.63) is 0 Å². The second-order valence-corrected chi connectivity index (χ2v) is 15.0. The van der Waals surface area contributed by atoms with Gasteiger partial charge in [-0.15, -0.1) is 0 Å². The Labute approximate surface area is 221 Å². The third-order valence-electron chi connectivity index (χ3n) is 13.5. The highest BCUT2D eigenvalue weighted by Gasteiger charge is 2.80. The molecule has 8 unspecified atom stereocenters. The largest absolute Gasteiger partial charge is 0.393 e. The van der Waals surface area contributed by atoms with Crippen LogP contribution in [0.3, 0.4) is 0 Å². The fraction of sp³-hybridized carbons (Fsp3) is 0.969. The van der Waals surface area contributed by atoms with Crippen molar-refractivity contribution in [2.45, 2.75) is 136 Å². The predicted octanol–water partition coefficient (Wildman–Crippen LogP) is 6.84. The minimum Gasteiger partial charge on any atom is -0.393 e. The number of fused-ring (bicyclic) bond motifs is 4. The van der Waals surface area contributed by atoms with Crippen LogP contribution in [0, 0.1) is 45.3 Å². The lowest BCUT2D eigenvalue weighted by Gasteiger charge is -2.59. The van der Waals surface area contributed by atoms with Crippen LogP contribution in [0.5, 0.6) is 0 Å². The summed E-state index contributed by atoms with van der Waals surface area (Å²) in [5, 5.41) is 10.9. The van der Waals surface area contributed by atoms with Crippen LogP contribution in [0.25, 0.3) is 0 Å². The Bertz CT molecular complexity index is 878. The molecule has 1 aliphatic heterocycles. The molecule has 0 radical (unpaired) electrons. The smallest absolute Gasteiger partial charge is 0.222 e. The van der Waals surface area contributed by atoms with Crippen molar-refractivity contribution < 1.29 is 16.1 Å². The molecule has 0 aromatic heterocycles. The highest BCUT2D eigenvalue weighted by molar-refractivity contribution is 5.75. The number of hydrogen-bond acceptors (Lipinski definition) is 3. The van der Waals surface area contributed by atoms with E-state index in [-0.39, 0.29) is 19.0 Å². The molecule has 6 aliphatic rings. The Morgan fingerprint density at radius 1 is 0.972 bits per heavy atom. The number of aliphatic hydroxyl groups excluding tert-OH is 1. The molecule has 4 heteroatoms. The van der Waals surface area contributed by atoms with Crippen LogP contribution in [-0.4, -0.2) is 47.3 Å². The van der Waals surface area contributed by atoms with Gasteiger partial charge in [-0.3, -0.25) is 4.79 Å². The molecule has 5 saturated carbocycles. The van der Waals surface area contributed by atoms with Crippen LogP contribution in [0.15, 0.2) is 0 Å². The SMILES string of the molecule is CCCCN(CC1CCC2C(CC3C4CCC5C(C)(C)[C@@H](O)CCC56C[C@@]46CCC23C)O1)C(=O)CC.[HH]. The van der Waals surface area contributed by atoms with E-state index >= 15 is 0 Å². The highest BCUT2D eigenvalue weighted by atomic mass is 16.5. The Hall–Kier alpha value is -0.610. The first-order valence-electron chi connectivity index (χ1n) is 15.7. The number of carbonyl (C=O) groups is 1. The number of rotatable bonds is 6. The van der Waals surface area contributed by atoms with Crippen LogP contribution in [-0.2, 0) is 9.53 Å². The molecule has 36 heavy (non-hydrogen) atoms. The van der Waals surface area contributed by atoms with E-state index in [9.17, 15) is 9.90 Å². The maximum Gasteiger partial charge on any atom is 0.222 e. The monoisotopic (exact) mass is 501 g/mol. The highest BCUT2D eigenvalue weighted by Crippen LogP contribution is 2.87. The van der Waals surface area contributed by atoms with Gasteiger partial charge in [0.15, 0.2) is 0 Å². The lowest BCUT2D eigenvalue weighted by atomic mass is 9.46. The quantitative estimate of drug-likeness (QED) is 0.433. The van der Waals surface area contributed by atoms with Gasteiger partial charge in [-0.05, 0) is 116 Å². The molecule has 0 bridgehead atoms. The van der Waals surface area contributed by atoms with Gasteiger partial charge in [0.2, 0.25) is 5.91 Å². The maximum atomic E-state index is 12.6. The number of aliphatic hydroxyl groups is 1. The van der Waals surface area contributed by atoms with Gasteiger partial charge in [0.05, 0.1) is 18.3 Å². The summed E-state index contributed by atoms with van der Waals surface area (Å²) in [6.45, 7) is 13.3. The molecule has 1 amide bonds. The molecular formula is C32H55NO3. The summed E-state index contributed by atoms with van der Waals surface area (Å²) in [4.78, 5) is 14.7. The van der Waals surface area contributed by atoms with E-state index in [2.05, 4.69) is 32.6 Å². The number of carbonyl (C=O) groups excluding carboxylic acids is 1. The Morgan fingerprint density at radius 2 is 1.75 bits per heavy atom. The fourth-order valence-corrected chi connectivity index (χ4v) is 11.6. The van der Waals surface area contributed by atoms with Gasteiger partial charge in [0.25, 0.3) is 0 Å². The van der Waals surface area contributed by atoms with Crippen molar-refractivity contribution in [3.8, 4) is 0 Å². The summed E-state index contributed by atoms with van der Waals surface area (Å²) in [7, 11) is 0. The maximum absolute atomic E-state index is 12.6. The van der Waals surface area contributed by atoms with E-state index in [4.69, 9.17) is 4.74 Å². The third-order valence-corrected chi connectivity index (χ3v) is 13.5. The zero-order valence-electron chi connectivity index (χ0n) is 23.9. The van der Waals surface area contributed by atoms with Crippen molar-refractivity contribution in [1.29, 1.82) is 0 Å². The molecule has 1 saturated heterocycles. The topological polar surface area (TPSA) is 49.8 Å². The van der Waals surface area contributed by atoms with E-state index in [1.807, 2.05) is 6.92 Å². The second-order valence-electron chi connectivity index (χ2n) is 15.0. The Kier molecular flexibility index (Phi) is 6.20. The average Bonchev–Trinajstić information content (AvgIpc) is 3.44. The van der Waals surface area contributed by atoms with Crippen LogP contribution >= 0.6 is 0 Å². The molecule has 206 valence electrons. The van der Waals surface area contributed by atoms with Crippen LogP contribution < -0.4 is 0 Å². The van der Waals surface area contributed by atoms with E-state index in [1.54, 1.807) is 0 Å². The molecular weight excluding hydrogens is 446 g/mol. The molecule has 0 aromatic carbocycles. The minimum absolute atomic E-state index is 0. The number of amides is 1. The molecule has 1 heterocycles. The molecule has 5 aliphatic carbocycles. The van der Waals surface area contributed by atoms with Crippen molar-refractivity contribution in [1.82, 2.24) is 4.90 Å². The Balaban J connectivity index is 0.00000280. The zero-order chi connectivity index (χ0) is 25.5. The molecule has 1 N–H and O–H groups in total. The zero-order valence-corrected chi connectivity index (χ0v) is 23.9. The predicted molar refractivity (Wildman–Crippen MR) is 145 cm³/mol. The van der Waals surface area contributed by atoms with E-state index in [0.29, 0.717) is 46.5 Å². The minimum atomic E-state index is -0.118. The van der Waals surface area contributed by atoms with Gasteiger partial charge >= 0.3 is 0 Å². The van der Waals surface area contributed by atoms with Gasteiger partial charge in [-0.2, -0.15) is 0 Å². The van der Waals surface area contributed by atoms with E-state index < -0.39 is 0 Å². The first-order chi connectivity index (χ1) is 17.1. The molecule has 4 nitrogen and oxygen atoms in total. The standard InChI is InChI=1S/C32H53NO3.H2/c1-6-8-17-33(28(35)7-2)19-21-9-10-23-25(36-21)18-24-22-11-12-26-29(3,4)27(34)13-14-32(26)20-31(22,32)16-15-30(23,24)5;/h21-27,34H,6-20H2,1-5H3;1H/t21?,22?,23?,24?,25?,26?,27-,30?,31-,32?;/m0./s1. The summed E-state index contributed by atoms with van der Waals surface area (Å²) < 4.78 is 6.92. The number of ether oxygens (including phenoxy) is 1. The molecule has 2 spiro atoms. The number of nitrogens with zero attached hydrogens (tertiary/aromatic N) is 1. The van der Waals surface area contributed by atoms with Gasteiger partial charge < -0.3 is 14.7 Å². The van der Waals surface area contributed by atoms with Crippen LogP contribution in [0.4, 0.5) is 0 Å². The lowest BCUT2D eigenvalue weighted by Crippen LogP contribution is -2.54. The summed E-state index contributed by atoms with van der Waals surface area (Å²) in [6.07, 6.45) is 16.2. The summed E-state index contributed by atoms with van der Waals surface area (Å²) >= 11 is 0. The normalized spacial score (nSPS) is 50.2. The van der Waals surface area contributed by atoms with Gasteiger partial charge in [-0.25, -0.2) is 0 Å². The average molecular weight is 502 g/mol. The van der Waals surface area contributed by atoms with Gasteiger partial charge in [-0.1, -0.05) is 41.0 Å². The van der Waals surface area contributed by atoms with E-state index in [0.717, 1.165) is 50.6 Å². The second kappa shape index (κ2) is 8.70. The Morgan fingerprint density at radius 3 is 2.50 bits per heavy atom.